The quantitative estimate of drug-likeness (QED) is 0.219. The Labute approximate surface area is 211 Å². The van der Waals surface area contributed by atoms with E-state index in [2.05, 4.69) is 47.6 Å². The van der Waals surface area contributed by atoms with Gasteiger partial charge in [0.15, 0.2) is 0 Å². The van der Waals surface area contributed by atoms with Gasteiger partial charge in [0.2, 0.25) is 0 Å². The molecule has 3 heteroatoms. The highest BCUT2D eigenvalue weighted by Crippen LogP contribution is 2.59. The fraction of sp³-hybridized carbons (Fsp3) is 0.935. The van der Waals surface area contributed by atoms with Crippen LogP contribution >= 0.6 is 0 Å². The molecule has 0 aromatic carbocycles. The SMILES string of the molecule is CCC1C(C2CCC(C(C)CCCC(C)C)C2C)CC=C2CC(OCCOCCO)CCC21C. The van der Waals surface area contributed by atoms with E-state index in [1.807, 2.05) is 0 Å². The Hall–Kier alpha value is -0.380. The third-order valence-corrected chi connectivity index (χ3v) is 10.3. The Balaban J connectivity index is 1.59. The molecule has 2 fully saturated rings. The van der Waals surface area contributed by atoms with Crippen LogP contribution in [0.3, 0.4) is 0 Å². The molecule has 34 heavy (non-hydrogen) atoms. The minimum Gasteiger partial charge on any atom is -0.394 e. The predicted molar refractivity (Wildman–Crippen MR) is 143 cm³/mol. The lowest BCUT2D eigenvalue weighted by molar-refractivity contribution is -0.0339. The van der Waals surface area contributed by atoms with Gasteiger partial charge in [-0.25, -0.2) is 0 Å². The smallest absolute Gasteiger partial charge is 0.0704 e. The van der Waals surface area contributed by atoms with Crippen LogP contribution in [-0.2, 0) is 9.47 Å². The number of hydrogen-bond acceptors (Lipinski definition) is 3. The van der Waals surface area contributed by atoms with Crippen molar-refractivity contribution in [3.8, 4) is 0 Å². The lowest BCUT2D eigenvalue weighted by Crippen LogP contribution is -2.45. The van der Waals surface area contributed by atoms with Gasteiger partial charge in [0, 0.05) is 0 Å². The number of allylic oxidation sites excluding steroid dienone is 1. The molecule has 198 valence electrons. The highest BCUT2D eigenvalue weighted by atomic mass is 16.5. The van der Waals surface area contributed by atoms with Crippen LogP contribution in [-0.4, -0.2) is 37.6 Å². The maximum absolute atomic E-state index is 8.86. The molecule has 0 radical (unpaired) electrons. The van der Waals surface area contributed by atoms with E-state index < -0.39 is 0 Å². The molecular weight excluding hydrogens is 420 g/mol. The van der Waals surface area contributed by atoms with Gasteiger partial charge in [0.05, 0.1) is 32.5 Å². The van der Waals surface area contributed by atoms with Crippen LogP contribution in [0.1, 0.15) is 106 Å². The molecule has 8 unspecified atom stereocenters. The number of ether oxygens (including phenoxy) is 2. The molecule has 0 aliphatic heterocycles. The fourth-order valence-corrected chi connectivity index (χ4v) is 8.36. The minimum absolute atomic E-state index is 0.0889. The van der Waals surface area contributed by atoms with Gasteiger partial charge in [-0.15, -0.1) is 0 Å². The Bertz CT molecular complexity index is 628. The van der Waals surface area contributed by atoms with Crippen LogP contribution in [0.2, 0.25) is 0 Å². The van der Waals surface area contributed by atoms with E-state index in [-0.39, 0.29) is 6.61 Å². The molecule has 0 aromatic rings. The zero-order valence-corrected chi connectivity index (χ0v) is 23.4. The van der Waals surface area contributed by atoms with Gasteiger partial charge in [0.1, 0.15) is 0 Å². The van der Waals surface area contributed by atoms with Crippen molar-refractivity contribution in [1.82, 2.24) is 0 Å². The summed E-state index contributed by atoms with van der Waals surface area (Å²) in [4.78, 5) is 0. The van der Waals surface area contributed by atoms with Gasteiger partial charge in [-0.2, -0.15) is 0 Å². The largest absolute Gasteiger partial charge is 0.394 e. The summed E-state index contributed by atoms with van der Waals surface area (Å²) in [6.45, 7) is 16.7. The van der Waals surface area contributed by atoms with Crippen molar-refractivity contribution in [2.45, 2.75) is 112 Å². The first kappa shape index (κ1) is 28.2. The number of aliphatic hydroxyl groups excluding tert-OH is 1. The van der Waals surface area contributed by atoms with Crippen LogP contribution in [0, 0.1) is 46.8 Å². The van der Waals surface area contributed by atoms with Crippen molar-refractivity contribution in [1.29, 1.82) is 0 Å². The minimum atomic E-state index is 0.0889. The lowest BCUT2D eigenvalue weighted by atomic mass is 9.53. The summed E-state index contributed by atoms with van der Waals surface area (Å²) in [6.07, 6.45) is 16.3. The molecule has 0 aromatic heterocycles. The molecule has 1 N–H and O–H groups in total. The van der Waals surface area contributed by atoms with Gasteiger partial charge in [-0.3, -0.25) is 0 Å². The van der Waals surface area contributed by atoms with E-state index >= 15 is 0 Å². The van der Waals surface area contributed by atoms with Gasteiger partial charge in [-0.1, -0.05) is 78.9 Å². The third-order valence-electron chi connectivity index (χ3n) is 10.3. The van der Waals surface area contributed by atoms with Gasteiger partial charge in [-0.05, 0) is 85.4 Å². The maximum atomic E-state index is 8.86. The molecule has 0 amide bonds. The average Bonchev–Trinajstić information content (AvgIpc) is 3.19. The molecule has 8 atom stereocenters. The summed E-state index contributed by atoms with van der Waals surface area (Å²) in [5.41, 5.74) is 2.05. The maximum Gasteiger partial charge on any atom is 0.0704 e. The monoisotopic (exact) mass is 476 g/mol. The number of fused-ring (bicyclic) bond motifs is 1. The van der Waals surface area contributed by atoms with Crippen molar-refractivity contribution >= 4 is 0 Å². The molecule has 0 saturated heterocycles. The van der Waals surface area contributed by atoms with Crippen molar-refractivity contribution in [2.75, 3.05) is 26.4 Å². The Morgan fingerprint density at radius 2 is 1.85 bits per heavy atom. The van der Waals surface area contributed by atoms with E-state index in [1.165, 1.54) is 57.8 Å². The molecule has 3 nitrogen and oxygen atoms in total. The molecule has 0 heterocycles. The molecule has 3 aliphatic carbocycles. The summed E-state index contributed by atoms with van der Waals surface area (Å²) in [5.74, 6) is 6.15. The second-order valence-electron chi connectivity index (χ2n) is 12.7. The summed E-state index contributed by atoms with van der Waals surface area (Å²) < 4.78 is 11.6. The van der Waals surface area contributed by atoms with Crippen molar-refractivity contribution in [3.05, 3.63) is 11.6 Å². The summed E-state index contributed by atoms with van der Waals surface area (Å²) in [5, 5.41) is 8.86. The summed E-state index contributed by atoms with van der Waals surface area (Å²) in [6, 6.07) is 0. The zero-order valence-electron chi connectivity index (χ0n) is 23.4. The van der Waals surface area contributed by atoms with E-state index in [9.17, 15) is 0 Å². The first-order valence-corrected chi connectivity index (χ1v) is 14.8. The standard InChI is InChI=1S/C31H56O3/c1-7-30-29(28-14-13-27(24(28)5)23(4)10-8-9-22(2)3)12-11-25-21-26(15-16-31(25,30)6)34-20-19-33-18-17-32/h11,22-24,26-30,32H,7-10,12-21H2,1-6H3. The molecule has 0 bridgehead atoms. The highest BCUT2D eigenvalue weighted by molar-refractivity contribution is 5.24. The van der Waals surface area contributed by atoms with Gasteiger partial charge in [0.25, 0.3) is 0 Å². The van der Waals surface area contributed by atoms with E-state index in [0.29, 0.717) is 31.3 Å². The molecule has 3 rings (SSSR count). The number of aliphatic hydroxyl groups is 1. The molecule has 3 aliphatic rings. The average molecular weight is 477 g/mol. The Morgan fingerprint density at radius 3 is 2.56 bits per heavy atom. The Morgan fingerprint density at radius 1 is 1.06 bits per heavy atom. The summed E-state index contributed by atoms with van der Waals surface area (Å²) >= 11 is 0. The highest BCUT2D eigenvalue weighted by Gasteiger charge is 2.50. The van der Waals surface area contributed by atoms with Crippen LogP contribution in [0.25, 0.3) is 0 Å². The van der Waals surface area contributed by atoms with Crippen molar-refractivity contribution in [3.63, 3.8) is 0 Å². The van der Waals surface area contributed by atoms with Gasteiger partial charge < -0.3 is 14.6 Å². The third kappa shape index (κ3) is 6.68. The van der Waals surface area contributed by atoms with E-state index in [0.717, 1.165) is 47.8 Å². The molecule has 2 saturated carbocycles. The van der Waals surface area contributed by atoms with E-state index in [4.69, 9.17) is 14.6 Å². The molecular formula is C31H56O3. The van der Waals surface area contributed by atoms with Crippen LogP contribution in [0.5, 0.6) is 0 Å². The predicted octanol–water partition coefficient (Wildman–Crippen LogP) is 7.67. The lowest BCUT2D eigenvalue weighted by Gasteiger charge is -2.52. The Kier molecular flexibility index (Phi) is 11.0. The number of rotatable bonds is 13. The first-order chi connectivity index (χ1) is 16.3. The van der Waals surface area contributed by atoms with Crippen molar-refractivity contribution < 1.29 is 14.6 Å². The van der Waals surface area contributed by atoms with Crippen molar-refractivity contribution in [2.24, 2.45) is 46.8 Å². The molecule has 0 spiro atoms. The topological polar surface area (TPSA) is 38.7 Å². The fourth-order valence-electron chi connectivity index (χ4n) is 8.36. The van der Waals surface area contributed by atoms with Gasteiger partial charge >= 0.3 is 0 Å². The van der Waals surface area contributed by atoms with Crippen LogP contribution in [0.4, 0.5) is 0 Å². The zero-order chi connectivity index (χ0) is 24.7. The first-order valence-electron chi connectivity index (χ1n) is 14.8. The number of hydrogen-bond donors (Lipinski definition) is 1. The van der Waals surface area contributed by atoms with Crippen LogP contribution < -0.4 is 0 Å². The summed E-state index contributed by atoms with van der Waals surface area (Å²) in [7, 11) is 0. The normalized spacial score (nSPS) is 37.0. The second kappa shape index (κ2) is 13.2. The second-order valence-corrected chi connectivity index (χ2v) is 12.7. The van der Waals surface area contributed by atoms with Crippen LogP contribution in [0.15, 0.2) is 11.6 Å². The van der Waals surface area contributed by atoms with E-state index in [1.54, 1.807) is 5.57 Å².